The van der Waals surface area contributed by atoms with Gasteiger partial charge in [0.1, 0.15) is 0 Å². The number of aromatic amines is 1. The lowest BCUT2D eigenvalue weighted by molar-refractivity contribution is 0.140. The Morgan fingerprint density at radius 1 is 1.47 bits per heavy atom. The van der Waals surface area contributed by atoms with Crippen molar-refractivity contribution >= 4 is 17.1 Å². The Hall–Kier alpha value is -2.13. The van der Waals surface area contributed by atoms with E-state index in [1.807, 2.05) is 6.92 Å². The van der Waals surface area contributed by atoms with Crippen molar-refractivity contribution in [1.29, 1.82) is 0 Å². The molecule has 0 saturated carbocycles. The molecule has 0 aromatic carbocycles. The van der Waals surface area contributed by atoms with Gasteiger partial charge in [0.25, 0.3) is 5.56 Å². The highest BCUT2D eigenvalue weighted by Gasteiger charge is 2.16. The van der Waals surface area contributed by atoms with Gasteiger partial charge in [-0.2, -0.15) is 4.98 Å². The summed E-state index contributed by atoms with van der Waals surface area (Å²) < 4.78 is 8.10. The molecule has 104 valence electrons. The summed E-state index contributed by atoms with van der Waals surface area (Å²) in [5.41, 5.74) is 1.96. The van der Waals surface area contributed by atoms with Gasteiger partial charge < -0.3 is 9.30 Å². The summed E-state index contributed by atoms with van der Waals surface area (Å²) in [6, 6.07) is 0. The minimum atomic E-state index is -0.518. The molecule has 0 unspecified atom stereocenters. The number of imidazole rings is 1. The Morgan fingerprint density at radius 3 is 2.84 bits per heavy atom. The number of nitrogens with two attached hydrogens (primary N) is 1. The number of H-pyrrole nitrogens is 1. The Labute approximate surface area is 108 Å². The zero-order valence-electron chi connectivity index (χ0n) is 10.8. The van der Waals surface area contributed by atoms with Crippen LogP contribution in [0.15, 0.2) is 9.59 Å². The number of hydrogen-bond acceptors (Lipinski definition) is 6. The summed E-state index contributed by atoms with van der Waals surface area (Å²) >= 11 is 0. The number of fused-ring (bicyclic) bond motifs is 1. The maximum absolute atomic E-state index is 11.9. The highest BCUT2D eigenvalue weighted by molar-refractivity contribution is 5.73. The predicted octanol–water partition coefficient (Wildman–Crippen LogP) is -1.25. The van der Waals surface area contributed by atoms with Crippen LogP contribution in [-0.2, 0) is 18.3 Å². The first-order valence-corrected chi connectivity index (χ1v) is 5.84. The quantitative estimate of drug-likeness (QED) is 0.354. The summed E-state index contributed by atoms with van der Waals surface area (Å²) in [4.78, 5) is 29.8. The molecule has 9 heteroatoms. The van der Waals surface area contributed by atoms with E-state index in [0.717, 1.165) is 0 Å². The SMILES string of the molecule is CCOCCn1c(NN)nc2c1c(=O)[nH]c(=O)n2C. The van der Waals surface area contributed by atoms with Crippen LogP contribution in [0.3, 0.4) is 0 Å². The van der Waals surface area contributed by atoms with E-state index >= 15 is 0 Å². The number of hydrazine groups is 1. The smallest absolute Gasteiger partial charge is 0.329 e. The Bertz CT molecular complexity index is 698. The molecule has 2 heterocycles. The zero-order valence-corrected chi connectivity index (χ0v) is 10.8. The third-order valence-electron chi connectivity index (χ3n) is 2.80. The molecule has 0 aliphatic heterocycles. The van der Waals surface area contributed by atoms with Crippen LogP contribution >= 0.6 is 0 Å². The van der Waals surface area contributed by atoms with Crippen molar-refractivity contribution in [2.24, 2.45) is 12.9 Å². The molecule has 2 rings (SSSR count). The Morgan fingerprint density at radius 2 is 2.21 bits per heavy atom. The van der Waals surface area contributed by atoms with Crippen LogP contribution in [-0.4, -0.2) is 32.3 Å². The average Bonchev–Trinajstić information content (AvgIpc) is 2.76. The van der Waals surface area contributed by atoms with E-state index in [9.17, 15) is 9.59 Å². The van der Waals surface area contributed by atoms with E-state index < -0.39 is 11.2 Å². The van der Waals surface area contributed by atoms with Gasteiger partial charge in [0.05, 0.1) is 6.61 Å². The van der Waals surface area contributed by atoms with Gasteiger partial charge in [0.15, 0.2) is 11.2 Å². The number of aryl methyl sites for hydroxylation is 1. The van der Waals surface area contributed by atoms with Gasteiger partial charge in [-0.1, -0.05) is 0 Å². The molecule has 0 radical (unpaired) electrons. The van der Waals surface area contributed by atoms with E-state index in [4.69, 9.17) is 10.6 Å². The fourth-order valence-electron chi connectivity index (χ4n) is 1.86. The van der Waals surface area contributed by atoms with Crippen LogP contribution in [0.4, 0.5) is 5.95 Å². The highest BCUT2D eigenvalue weighted by Crippen LogP contribution is 2.13. The fourth-order valence-corrected chi connectivity index (χ4v) is 1.86. The normalized spacial score (nSPS) is 11.1. The van der Waals surface area contributed by atoms with Gasteiger partial charge in [-0.25, -0.2) is 10.6 Å². The molecule has 0 aliphatic rings. The van der Waals surface area contributed by atoms with Gasteiger partial charge in [-0.15, -0.1) is 0 Å². The topological polar surface area (TPSA) is 120 Å². The molecule has 2 aromatic heterocycles. The van der Waals surface area contributed by atoms with Crippen LogP contribution < -0.4 is 22.5 Å². The number of anilines is 1. The maximum Gasteiger partial charge on any atom is 0.329 e. The van der Waals surface area contributed by atoms with E-state index in [1.165, 1.54) is 11.6 Å². The largest absolute Gasteiger partial charge is 0.380 e. The number of aromatic nitrogens is 4. The first kappa shape index (κ1) is 13.3. The van der Waals surface area contributed by atoms with Gasteiger partial charge in [0, 0.05) is 20.2 Å². The van der Waals surface area contributed by atoms with Crippen LogP contribution in [0.1, 0.15) is 6.92 Å². The maximum atomic E-state index is 11.9. The molecular weight excluding hydrogens is 252 g/mol. The number of nitrogens with zero attached hydrogens (tertiary/aromatic N) is 3. The lowest BCUT2D eigenvalue weighted by Gasteiger charge is -2.07. The first-order chi connectivity index (χ1) is 9.10. The molecule has 0 fully saturated rings. The molecule has 19 heavy (non-hydrogen) atoms. The molecule has 0 aliphatic carbocycles. The monoisotopic (exact) mass is 268 g/mol. The van der Waals surface area contributed by atoms with Gasteiger partial charge in [0.2, 0.25) is 5.95 Å². The van der Waals surface area contributed by atoms with E-state index in [0.29, 0.717) is 25.7 Å². The number of hydrogen-bond donors (Lipinski definition) is 3. The molecule has 9 nitrogen and oxygen atoms in total. The third kappa shape index (κ3) is 2.25. The Kier molecular flexibility index (Phi) is 3.67. The van der Waals surface area contributed by atoms with Crippen molar-refractivity contribution in [3.05, 3.63) is 20.8 Å². The van der Waals surface area contributed by atoms with E-state index in [2.05, 4.69) is 15.4 Å². The summed E-state index contributed by atoms with van der Waals surface area (Å²) in [7, 11) is 1.53. The average molecular weight is 268 g/mol. The van der Waals surface area contributed by atoms with Gasteiger partial charge in [-0.05, 0) is 6.92 Å². The second-order valence-corrected chi connectivity index (χ2v) is 3.92. The number of ether oxygens (including phenoxy) is 1. The summed E-state index contributed by atoms with van der Waals surface area (Å²) in [5.74, 6) is 5.69. The number of nitrogen functional groups attached to an aromatic ring is 1. The van der Waals surface area contributed by atoms with Crippen LogP contribution in [0.2, 0.25) is 0 Å². The van der Waals surface area contributed by atoms with Crippen molar-refractivity contribution in [3.63, 3.8) is 0 Å². The third-order valence-corrected chi connectivity index (χ3v) is 2.80. The van der Waals surface area contributed by atoms with Gasteiger partial charge >= 0.3 is 5.69 Å². The summed E-state index contributed by atoms with van der Waals surface area (Å²) in [6.45, 7) is 3.28. The molecule has 2 aromatic rings. The Balaban J connectivity index is 2.64. The second kappa shape index (κ2) is 5.24. The summed E-state index contributed by atoms with van der Waals surface area (Å²) in [5, 5.41) is 0. The minimum absolute atomic E-state index is 0.276. The zero-order chi connectivity index (χ0) is 14.0. The lowest BCUT2D eigenvalue weighted by Crippen LogP contribution is -2.29. The molecular formula is C10H16N6O3. The van der Waals surface area contributed by atoms with E-state index in [-0.39, 0.29) is 11.2 Å². The second-order valence-electron chi connectivity index (χ2n) is 3.92. The lowest BCUT2D eigenvalue weighted by atomic mass is 10.5. The molecule has 0 saturated heterocycles. The molecule has 4 N–H and O–H groups in total. The first-order valence-electron chi connectivity index (χ1n) is 5.84. The van der Waals surface area contributed by atoms with Gasteiger partial charge in [-0.3, -0.25) is 19.8 Å². The molecule has 0 spiro atoms. The predicted molar refractivity (Wildman–Crippen MR) is 69.9 cm³/mol. The number of nitrogens with one attached hydrogen (secondary N) is 2. The van der Waals surface area contributed by atoms with Crippen LogP contribution in [0, 0.1) is 0 Å². The number of rotatable bonds is 5. The molecule has 0 amide bonds. The van der Waals surface area contributed by atoms with Crippen molar-refractivity contribution in [3.8, 4) is 0 Å². The van der Waals surface area contributed by atoms with Crippen molar-refractivity contribution in [2.75, 3.05) is 18.6 Å². The summed E-state index contributed by atoms with van der Waals surface area (Å²) in [6.07, 6.45) is 0. The molecule has 0 bridgehead atoms. The van der Waals surface area contributed by atoms with Crippen molar-refractivity contribution in [1.82, 2.24) is 19.1 Å². The fraction of sp³-hybridized carbons (Fsp3) is 0.500. The van der Waals surface area contributed by atoms with Crippen LogP contribution in [0.25, 0.3) is 11.2 Å². The minimum Gasteiger partial charge on any atom is -0.380 e. The van der Waals surface area contributed by atoms with E-state index in [1.54, 1.807) is 4.57 Å². The standard InChI is InChI=1S/C10H16N6O3/c1-3-19-5-4-16-6-7(12-9(16)14-11)15(2)10(18)13-8(6)17/h3-5,11H2,1-2H3,(H,12,14)(H,13,17,18). The highest BCUT2D eigenvalue weighted by atomic mass is 16.5. The van der Waals surface area contributed by atoms with Crippen LogP contribution in [0.5, 0.6) is 0 Å². The van der Waals surface area contributed by atoms with Crippen molar-refractivity contribution < 1.29 is 4.74 Å². The van der Waals surface area contributed by atoms with Crippen molar-refractivity contribution in [2.45, 2.75) is 13.5 Å². The molecule has 0 atom stereocenters.